The summed E-state index contributed by atoms with van der Waals surface area (Å²) in [5.74, 6) is -1.19. The van der Waals surface area contributed by atoms with Crippen molar-refractivity contribution in [2.45, 2.75) is 6.92 Å². The van der Waals surface area contributed by atoms with Crippen LogP contribution in [0.25, 0.3) is 0 Å². The smallest absolute Gasteiger partial charge is 0.794 e. The first-order valence-electron chi connectivity index (χ1n) is 2.39. The normalized spacial score (nSPS) is 8.08. The summed E-state index contributed by atoms with van der Waals surface area (Å²) in [5.41, 5.74) is 0.0648. The average Bonchev–Trinajstić information content (AvgIpc) is 1.59. The molecule has 0 amide bonds. The van der Waals surface area contributed by atoms with Crippen molar-refractivity contribution in [2.24, 2.45) is 0 Å². The van der Waals surface area contributed by atoms with Crippen LogP contribution >= 0.6 is 0 Å². The molecule has 0 fully saturated rings. The zero-order valence-corrected chi connectivity index (χ0v) is 13.9. The van der Waals surface area contributed by atoms with Gasteiger partial charge in [-0.15, -0.1) is 0 Å². The van der Waals surface area contributed by atoms with E-state index >= 15 is 0 Å². The first-order valence-corrected chi connectivity index (χ1v) is 4.14. The monoisotopic (exact) mass is 242 g/mol. The van der Waals surface area contributed by atoms with E-state index in [0.29, 0.717) is 0 Å². The van der Waals surface area contributed by atoms with Crippen LogP contribution in [0.3, 0.4) is 0 Å². The number of hydrogen-bond acceptors (Lipinski definition) is 6. The van der Waals surface area contributed by atoms with Crippen LogP contribution in [-0.4, -0.2) is 29.4 Å². The summed E-state index contributed by atoms with van der Waals surface area (Å²) in [6, 6.07) is 0. The van der Waals surface area contributed by atoms with Crippen LogP contribution in [0.15, 0.2) is 12.2 Å². The first-order chi connectivity index (χ1) is 4.64. The summed E-state index contributed by atoms with van der Waals surface area (Å²) >= 11 is 0. The van der Waals surface area contributed by atoms with Crippen molar-refractivity contribution in [3.8, 4) is 0 Å². The molecule has 66 valence electrons. The Balaban J connectivity index is -0.0000000546. The number of carbonyl (C=O) groups excluding carboxylic acids is 1. The third-order valence-corrected chi connectivity index (χ3v) is 0.348. The van der Waals surface area contributed by atoms with Gasteiger partial charge in [-0.3, -0.25) is 0 Å². The van der Waals surface area contributed by atoms with Crippen molar-refractivity contribution in [1.29, 1.82) is 0 Å². The van der Waals surface area contributed by atoms with Gasteiger partial charge in [-0.1, -0.05) is 6.58 Å². The van der Waals surface area contributed by atoms with Crippen molar-refractivity contribution in [3.63, 3.8) is 0 Å². The molecule has 0 rings (SSSR count). The van der Waals surface area contributed by atoms with Gasteiger partial charge in [0.05, 0.1) is 5.97 Å². The van der Waals surface area contributed by atoms with Gasteiger partial charge in [0, 0.05) is 0 Å². The predicted molar refractivity (Wildman–Crippen MR) is 32.2 cm³/mol. The van der Waals surface area contributed by atoms with Crippen molar-refractivity contribution in [3.05, 3.63) is 12.2 Å². The molecule has 0 saturated carbocycles. The van der Waals surface area contributed by atoms with Crippen LogP contribution in [0.2, 0.25) is 0 Å². The molecule has 0 aliphatic heterocycles. The fourth-order valence-corrected chi connectivity index (χ4v) is 0. The number of hydrogen-bond donors (Lipinski definition) is 3. The van der Waals surface area contributed by atoms with E-state index in [1.165, 1.54) is 6.92 Å². The molecule has 6 nitrogen and oxygen atoms in total. The standard InChI is InChI=1S/C4H6O2.K.Na.H3O4Si/c1-3(2)4(5)6;;;1-5(2,3)4/h1H2,2H3,(H,5,6);;;1-3H/q;2*+1;-1/p-1. The van der Waals surface area contributed by atoms with E-state index < -0.39 is 15.0 Å². The van der Waals surface area contributed by atoms with Crippen LogP contribution in [0, 0.1) is 0 Å². The molecule has 0 saturated heterocycles. The SMILES string of the molecule is C=C(C)C(=O)[O-].[K+].[Na+].[O-][Si](O)(O)O. The molecule has 0 aliphatic rings. The average molecular weight is 242 g/mol. The maximum Gasteiger partial charge on any atom is 1.00 e. The first kappa shape index (κ1) is 24.2. The van der Waals surface area contributed by atoms with Crippen LogP contribution in [0.4, 0.5) is 0 Å². The van der Waals surface area contributed by atoms with Crippen molar-refractivity contribution < 1.29 is 110 Å². The fourth-order valence-electron chi connectivity index (χ4n) is 0. The van der Waals surface area contributed by atoms with E-state index in [0.717, 1.165) is 0 Å². The molecule has 0 bridgehead atoms. The topological polar surface area (TPSA) is 124 Å². The second kappa shape index (κ2) is 12.0. The molecule has 0 unspecified atom stereocenters. The van der Waals surface area contributed by atoms with Crippen molar-refractivity contribution in [2.75, 3.05) is 0 Å². The molecule has 0 radical (unpaired) electrons. The minimum atomic E-state index is -4.86. The Bertz CT molecular complexity index is 139. The maximum atomic E-state index is 9.49. The summed E-state index contributed by atoms with van der Waals surface area (Å²) in [6.07, 6.45) is 0. The molecule has 0 aliphatic carbocycles. The van der Waals surface area contributed by atoms with Gasteiger partial charge in [0.15, 0.2) is 0 Å². The number of carboxylic acids is 1. The molecule has 3 N–H and O–H groups in total. The van der Waals surface area contributed by atoms with Gasteiger partial charge in [-0.2, -0.15) is 0 Å². The molecule has 9 heteroatoms. The molecule has 0 aromatic carbocycles. The summed E-state index contributed by atoms with van der Waals surface area (Å²) in [4.78, 5) is 40.0. The quantitative estimate of drug-likeness (QED) is 0.310. The summed E-state index contributed by atoms with van der Waals surface area (Å²) in [6.45, 7) is 4.48. The third-order valence-electron chi connectivity index (χ3n) is 0.348. The zero-order chi connectivity index (χ0) is 9.65. The third kappa shape index (κ3) is 56.5. The fraction of sp³-hybridized carbons (Fsp3) is 0.250. The Morgan fingerprint density at radius 2 is 1.46 bits per heavy atom. The Morgan fingerprint density at radius 1 is 1.38 bits per heavy atom. The van der Waals surface area contributed by atoms with Gasteiger partial charge in [0.2, 0.25) is 0 Å². The van der Waals surface area contributed by atoms with Crippen molar-refractivity contribution >= 4 is 15.0 Å². The largest absolute Gasteiger partial charge is 1.00 e. The summed E-state index contributed by atoms with van der Waals surface area (Å²) in [5, 5.41) is 9.49. The van der Waals surface area contributed by atoms with Gasteiger partial charge >= 0.3 is 90.0 Å². The van der Waals surface area contributed by atoms with Crippen LogP contribution in [0.1, 0.15) is 6.92 Å². The molecule has 0 aromatic heterocycles. The number of carboxylic acid groups (broad SMARTS) is 1. The van der Waals surface area contributed by atoms with E-state index in [9.17, 15) is 9.90 Å². The van der Waals surface area contributed by atoms with Crippen LogP contribution in [-0.2, 0) is 4.79 Å². The minimum absolute atomic E-state index is 0. The van der Waals surface area contributed by atoms with E-state index in [1.807, 2.05) is 0 Å². The van der Waals surface area contributed by atoms with Gasteiger partial charge in [0.1, 0.15) is 0 Å². The second-order valence-corrected chi connectivity index (χ2v) is 2.79. The Labute approximate surface area is 141 Å². The summed E-state index contributed by atoms with van der Waals surface area (Å²) in [7, 11) is -4.86. The molecular weight excluding hydrogens is 234 g/mol. The molecule has 0 heterocycles. The zero-order valence-electron chi connectivity index (χ0n) is 7.77. The Hall–Kier alpha value is 1.90. The van der Waals surface area contributed by atoms with Crippen LogP contribution < -0.4 is 90.8 Å². The van der Waals surface area contributed by atoms with Crippen LogP contribution in [0.5, 0.6) is 0 Å². The maximum absolute atomic E-state index is 9.49. The summed E-state index contributed by atoms with van der Waals surface area (Å²) < 4.78 is 0. The van der Waals surface area contributed by atoms with E-state index in [-0.39, 0.29) is 86.5 Å². The Morgan fingerprint density at radius 3 is 1.46 bits per heavy atom. The predicted octanol–water partition coefficient (Wildman–Crippen LogP) is -9.92. The molecule has 0 spiro atoms. The number of carbonyl (C=O) groups is 1. The number of rotatable bonds is 1. The second-order valence-electron chi connectivity index (χ2n) is 1.64. The van der Waals surface area contributed by atoms with Gasteiger partial charge in [0.25, 0.3) is 0 Å². The van der Waals surface area contributed by atoms with E-state index in [4.69, 9.17) is 19.2 Å². The van der Waals surface area contributed by atoms with E-state index in [1.54, 1.807) is 0 Å². The van der Waals surface area contributed by atoms with Crippen molar-refractivity contribution in [1.82, 2.24) is 0 Å². The van der Waals surface area contributed by atoms with Gasteiger partial charge in [-0.05, 0) is 12.5 Å². The van der Waals surface area contributed by atoms with Gasteiger partial charge in [-0.25, -0.2) is 0 Å². The van der Waals surface area contributed by atoms with E-state index in [2.05, 4.69) is 6.58 Å². The minimum Gasteiger partial charge on any atom is -0.794 e. The number of aliphatic carboxylic acids is 1. The molecule has 13 heavy (non-hydrogen) atoms. The molecular formula is C4H8KNaO6Si. The molecule has 0 aromatic rings. The molecule has 0 atom stereocenters. The van der Waals surface area contributed by atoms with Gasteiger partial charge < -0.3 is 29.1 Å². The Kier molecular flexibility index (Phi) is 22.3.